The minimum Gasteiger partial charge on any atom is -0.456 e. The van der Waals surface area contributed by atoms with E-state index in [4.69, 9.17) is 25.3 Å². The fourth-order valence-electron chi connectivity index (χ4n) is 2.98. The van der Waals surface area contributed by atoms with Gasteiger partial charge < -0.3 is 13.7 Å². The first-order valence-corrected chi connectivity index (χ1v) is 8.13. The molecule has 0 atom stereocenters. The largest absolute Gasteiger partial charge is 0.498 e. The molecule has 0 N–H and O–H groups in total. The van der Waals surface area contributed by atoms with E-state index in [0.29, 0.717) is 5.02 Å². The molecule has 3 aromatic rings. The molecule has 2 heterocycles. The van der Waals surface area contributed by atoms with Crippen molar-refractivity contribution in [2.45, 2.75) is 38.9 Å². The zero-order valence-electron chi connectivity index (χ0n) is 13.6. The molecular weight excluding hydrogens is 310 g/mol. The summed E-state index contributed by atoms with van der Waals surface area (Å²) in [7, 11) is -0.456. The molecule has 0 unspecified atom stereocenters. The summed E-state index contributed by atoms with van der Waals surface area (Å²) in [5.74, 6) is 0. The van der Waals surface area contributed by atoms with Crippen LogP contribution in [-0.4, -0.2) is 18.3 Å². The Hall–Kier alpha value is -1.49. The van der Waals surface area contributed by atoms with Gasteiger partial charge in [-0.1, -0.05) is 35.9 Å². The molecule has 4 rings (SSSR count). The zero-order valence-corrected chi connectivity index (χ0v) is 14.4. The van der Waals surface area contributed by atoms with Crippen LogP contribution in [0.15, 0.2) is 40.8 Å². The van der Waals surface area contributed by atoms with Crippen LogP contribution in [0.2, 0.25) is 5.02 Å². The number of halogens is 1. The van der Waals surface area contributed by atoms with E-state index in [1.165, 1.54) is 0 Å². The molecule has 2 aromatic carbocycles. The number of hydrogen-bond donors (Lipinski definition) is 0. The topological polar surface area (TPSA) is 31.6 Å². The summed E-state index contributed by atoms with van der Waals surface area (Å²) >= 11 is 6.36. The van der Waals surface area contributed by atoms with Crippen LogP contribution in [0.25, 0.3) is 21.9 Å². The van der Waals surface area contributed by atoms with E-state index >= 15 is 0 Å². The van der Waals surface area contributed by atoms with E-state index in [9.17, 15) is 0 Å². The lowest BCUT2D eigenvalue weighted by Gasteiger charge is -2.32. The maximum atomic E-state index is 6.36. The summed E-state index contributed by atoms with van der Waals surface area (Å²) in [5.41, 5.74) is 1.67. The average Bonchev–Trinajstić information content (AvgIpc) is 2.94. The average molecular weight is 329 g/mol. The molecule has 0 spiro atoms. The molecule has 23 heavy (non-hydrogen) atoms. The first kappa shape index (κ1) is 15.1. The highest BCUT2D eigenvalue weighted by Gasteiger charge is 2.52. The molecule has 0 aliphatic carbocycles. The van der Waals surface area contributed by atoms with Gasteiger partial charge in [0.1, 0.15) is 11.2 Å². The predicted octanol–water partition coefficient (Wildman–Crippen LogP) is 4.54. The molecule has 0 saturated carbocycles. The van der Waals surface area contributed by atoms with E-state index in [2.05, 4.69) is 0 Å². The quantitative estimate of drug-likeness (QED) is 0.615. The second kappa shape index (κ2) is 4.76. The van der Waals surface area contributed by atoms with Gasteiger partial charge in [-0.2, -0.15) is 0 Å². The summed E-state index contributed by atoms with van der Waals surface area (Å²) in [5, 5.41) is 2.60. The van der Waals surface area contributed by atoms with Crippen molar-refractivity contribution in [3.63, 3.8) is 0 Å². The van der Waals surface area contributed by atoms with Crippen molar-refractivity contribution in [1.82, 2.24) is 0 Å². The second-order valence-electron chi connectivity index (χ2n) is 7.03. The molecule has 3 nitrogen and oxygen atoms in total. The number of para-hydroxylation sites is 1. The first-order chi connectivity index (χ1) is 10.8. The van der Waals surface area contributed by atoms with Crippen LogP contribution in [0.5, 0.6) is 0 Å². The van der Waals surface area contributed by atoms with Crippen LogP contribution in [-0.2, 0) is 9.31 Å². The van der Waals surface area contributed by atoms with Crippen LogP contribution < -0.4 is 5.46 Å². The lowest BCUT2D eigenvalue weighted by atomic mass is 9.78. The van der Waals surface area contributed by atoms with Crippen molar-refractivity contribution < 1.29 is 13.7 Å². The summed E-state index contributed by atoms with van der Waals surface area (Å²) in [6.45, 7) is 8.18. The normalized spacial score (nSPS) is 19.8. The number of furan rings is 1. The van der Waals surface area contributed by atoms with Gasteiger partial charge in [0.05, 0.1) is 16.2 Å². The van der Waals surface area contributed by atoms with E-state index in [-0.39, 0.29) is 11.2 Å². The third-order valence-electron chi connectivity index (χ3n) is 5.01. The van der Waals surface area contributed by atoms with Gasteiger partial charge in [-0.3, -0.25) is 0 Å². The molecule has 1 fully saturated rings. The van der Waals surface area contributed by atoms with Crippen molar-refractivity contribution in [3.8, 4) is 0 Å². The molecular formula is C18H18BClO3. The maximum absolute atomic E-state index is 6.36. The lowest BCUT2D eigenvalue weighted by Crippen LogP contribution is -2.41. The summed E-state index contributed by atoms with van der Waals surface area (Å²) < 4.78 is 18.4. The molecule has 0 amide bonds. The zero-order chi connectivity index (χ0) is 16.4. The standard InChI is InChI=1S/C18H18BClO3/c1-17(2)18(3,4)23-19(22-17)12-8-5-7-11-15-13(20)9-6-10-14(15)21-16(11)12/h5-10H,1-4H3. The fraction of sp³-hybridized carbons (Fsp3) is 0.333. The molecule has 0 radical (unpaired) electrons. The van der Waals surface area contributed by atoms with Gasteiger partial charge >= 0.3 is 7.12 Å². The summed E-state index contributed by atoms with van der Waals surface area (Å²) in [6.07, 6.45) is 0. The third-order valence-corrected chi connectivity index (χ3v) is 5.32. The van der Waals surface area contributed by atoms with Crippen LogP contribution in [0.1, 0.15) is 27.7 Å². The highest BCUT2D eigenvalue weighted by atomic mass is 35.5. The van der Waals surface area contributed by atoms with Gasteiger partial charge in [-0.15, -0.1) is 0 Å². The van der Waals surface area contributed by atoms with Crippen LogP contribution in [0, 0.1) is 0 Å². The second-order valence-corrected chi connectivity index (χ2v) is 7.43. The summed E-state index contributed by atoms with van der Waals surface area (Å²) in [4.78, 5) is 0. The molecule has 1 aliphatic rings. The maximum Gasteiger partial charge on any atom is 0.498 e. The van der Waals surface area contributed by atoms with E-state index in [0.717, 1.165) is 27.4 Å². The molecule has 1 aromatic heterocycles. The van der Waals surface area contributed by atoms with Crippen molar-refractivity contribution in [1.29, 1.82) is 0 Å². The Balaban J connectivity index is 1.93. The molecule has 1 aliphatic heterocycles. The number of hydrogen-bond acceptors (Lipinski definition) is 3. The third kappa shape index (κ3) is 2.13. The van der Waals surface area contributed by atoms with Crippen molar-refractivity contribution in [3.05, 3.63) is 41.4 Å². The Bertz CT molecular complexity index is 897. The monoisotopic (exact) mass is 328 g/mol. The minimum atomic E-state index is -0.456. The van der Waals surface area contributed by atoms with Gasteiger partial charge in [0, 0.05) is 16.2 Å². The van der Waals surface area contributed by atoms with Gasteiger partial charge in [0.25, 0.3) is 0 Å². The molecule has 1 saturated heterocycles. The molecule has 5 heteroatoms. The minimum absolute atomic E-state index is 0.385. The van der Waals surface area contributed by atoms with Gasteiger partial charge in [0.2, 0.25) is 0 Å². The first-order valence-electron chi connectivity index (χ1n) is 7.75. The highest BCUT2D eigenvalue weighted by Crippen LogP contribution is 2.38. The smallest absolute Gasteiger partial charge is 0.456 e. The van der Waals surface area contributed by atoms with Gasteiger partial charge in [-0.05, 0) is 39.8 Å². The van der Waals surface area contributed by atoms with E-state index in [1.807, 2.05) is 64.1 Å². The number of benzene rings is 2. The Labute approximate surface area is 140 Å². The van der Waals surface area contributed by atoms with Crippen LogP contribution >= 0.6 is 11.6 Å². The lowest BCUT2D eigenvalue weighted by molar-refractivity contribution is 0.00578. The van der Waals surface area contributed by atoms with Crippen molar-refractivity contribution >= 4 is 46.1 Å². The Morgan fingerprint density at radius 2 is 1.57 bits per heavy atom. The number of rotatable bonds is 1. The van der Waals surface area contributed by atoms with E-state index in [1.54, 1.807) is 0 Å². The van der Waals surface area contributed by atoms with Gasteiger partial charge in [-0.25, -0.2) is 0 Å². The predicted molar refractivity (Wildman–Crippen MR) is 94.4 cm³/mol. The summed E-state index contributed by atoms with van der Waals surface area (Å²) in [6, 6.07) is 11.7. The fourth-order valence-corrected chi connectivity index (χ4v) is 3.25. The number of fused-ring (bicyclic) bond motifs is 3. The van der Waals surface area contributed by atoms with Crippen molar-refractivity contribution in [2.75, 3.05) is 0 Å². The Morgan fingerprint density at radius 1 is 0.913 bits per heavy atom. The van der Waals surface area contributed by atoms with E-state index < -0.39 is 7.12 Å². The van der Waals surface area contributed by atoms with Crippen LogP contribution in [0.4, 0.5) is 0 Å². The SMILES string of the molecule is CC1(C)OB(c2cccc3c2oc2cccc(Cl)c23)OC1(C)C. The molecule has 0 bridgehead atoms. The van der Waals surface area contributed by atoms with Gasteiger partial charge in [0.15, 0.2) is 0 Å². The Kier molecular flexibility index (Phi) is 3.12. The van der Waals surface area contributed by atoms with Crippen molar-refractivity contribution in [2.24, 2.45) is 0 Å². The van der Waals surface area contributed by atoms with Crippen LogP contribution in [0.3, 0.4) is 0 Å². The Morgan fingerprint density at radius 3 is 2.26 bits per heavy atom. The molecule has 118 valence electrons. The highest BCUT2D eigenvalue weighted by molar-refractivity contribution is 6.65.